The van der Waals surface area contributed by atoms with Crippen molar-refractivity contribution >= 4 is 11.6 Å². The average Bonchev–Trinajstić information content (AvgIpc) is 2.98. The topological polar surface area (TPSA) is 71.5 Å². The summed E-state index contributed by atoms with van der Waals surface area (Å²) in [7, 11) is 0. The van der Waals surface area contributed by atoms with Crippen LogP contribution in [0.2, 0.25) is 0 Å². The van der Waals surface area contributed by atoms with Crippen molar-refractivity contribution in [2.45, 2.75) is 19.0 Å². The van der Waals surface area contributed by atoms with Crippen molar-refractivity contribution in [2.75, 3.05) is 18.0 Å². The zero-order chi connectivity index (χ0) is 14.7. The van der Waals surface area contributed by atoms with E-state index in [9.17, 15) is 4.79 Å². The Balaban J connectivity index is 1.63. The molecule has 0 fully saturated rings. The van der Waals surface area contributed by atoms with Gasteiger partial charge in [0.05, 0.1) is 19.4 Å². The molecule has 0 radical (unpaired) electrons. The Morgan fingerprint density at radius 2 is 2.19 bits per heavy atom. The molecule has 0 spiro atoms. The van der Waals surface area contributed by atoms with Crippen LogP contribution in [0.25, 0.3) is 0 Å². The van der Waals surface area contributed by atoms with Crippen LogP contribution < -0.4 is 16.0 Å². The van der Waals surface area contributed by atoms with E-state index in [4.69, 9.17) is 10.2 Å². The van der Waals surface area contributed by atoms with Gasteiger partial charge in [-0.15, -0.1) is 0 Å². The zero-order valence-corrected chi connectivity index (χ0v) is 11.8. The number of rotatable bonds is 4. The third-order valence-electron chi connectivity index (χ3n) is 3.64. The van der Waals surface area contributed by atoms with Gasteiger partial charge in [0, 0.05) is 18.3 Å². The first-order chi connectivity index (χ1) is 10.2. The lowest BCUT2D eigenvalue weighted by molar-refractivity contribution is -0.120. The summed E-state index contributed by atoms with van der Waals surface area (Å²) in [5.74, 6) is 0.717. The van der Waals surface area contributed by atoms with Gasteiger partial charge in [0.15, 0.2) is 0 Å². The maximum atomic E-state index is 12.1. The second-order valence-corrected chi connectivity index (χ2v) is 5.33. The lowest BCUT2D eigenvalue weighted by atomic mass is 9.98. The number of hydrogen-bond donors (Lipinski definition) is 2. The first-order valence-corrected chi connectivity index (χ1v) is 7.10. The molecule has 1 aliphatic heterocycles. The van der Waals surface area contributed by atoms with Gasteiger partial charge in [-0.25, -0.2) is 0 Å². The highest BCUT2D eigenvalue weighted by Crippen LogP contribution is 2.25. The number of hydrogen-bond acceptors (Lipinski definition) is 4. The van der Waals surface area contributed by atoms with Crippen LogP contribution in [0, 0.1) is 0 Å². The van der Waals surface area contributed by atoms with E-state index >= 15 is 0 Å². The molecule has 1 unspecified atom stereocenters. The maximum absolute atomic E-state index is 12.1. The molecule has 0 saturated carbocycles. The second-order valence-electron chi connectivity index (χ2n) is 5.33. The fraction of sp³-hybridized carbons (Fsp3) is 0.312. The molecule has 3 rings (SSSR count). The maximum Gasteiger partial charge on any atom is 0.239 e. The van der Waals surface area contributed by atoms with Gasteiger partial charge in [-0.2, -0.15) is 0 Å². The van der Waals surface area contributed by atoms with Gasteiger partial charge in [-0.3, -0.25) is 4.79 Å². The van der Waals surface area contributed by atoms with E-state index < -0.39 is 0 Å². The van der Waals surface area contributed by atoms with Crippen LogP contribution in [0.15, 0.2) is 47.1 Å². The highest BCUT2D eigenvalue weighted by atomic mass is 16.3. The molecule has 1 aromatic carbocycles. The Kier molecular flexibility index (Phi) is 3.92. The van der Waals surface area contributed by atoms with Crippen LogP contribution >= 0.6 is 0 Å². The molecule has 21 heavy (non-hydrogen) atoms. The largest absolute Gasteiger partial charge is 0.467 e. The van der Waals surface area contributed by atoms with E-state index in [0.29, 0.717) is 19.6 Å². The molecule has 0 aliphatic carbocycles. The molecule has 5 nitrogen and oxygen atoms in total. The first kappa shape index (κ1) is 13.7. The lowest BCUT2D eigenvalue weighted by Gasteiger charge is -2.34. The minimum atomic E-state index is -0.0321. The van der Waals surface area contributed by atoms with Gasteiger partial charge in [0.25, 0.3) is 0 Å². The number of carbonyl (C=O) groups excluding carboxylic acids is 1. The molecule has 110 valence electrons. The molecule has 2 aromatic rings. The number of para-hydroxylation sites is 1. The van der Waals surface area contributed by atoms with Gasteiger partial charge in [0.1, 0.15) is 5.76 Å². The number of amides is 1. The summed E-state index contributed by atoms with van der Waals surface area (Å²) in [5.41, 5.74) is 8.39. The van der Waals surface area contributed by atoms with E-state index in [0.717, 1.165) is 17.9 Å². The number of anilines is 1. The summed E-state index contributed by atoms with van der Waals surface area (Å²) in [6, 6.07) is 11.8. The number of furan rings is 1. The fourth-order valence-corrected chi connectivity index (χ4v) is 2.70. The normalized spacial score (nSPS) is 17.4. The molecule has 1 atom stereocenters. The van der Waals surface area contributed by atoms with E-state index in [2.05, 4.69) is 11.4 Å². The molecule has 3 N–H and O–H groups in total. The summed E-state index contributed by atoms with van der Waals surface area (Å²) in [6.45, 7) is 1.42. The number of fused-ring (bicyclic) bond motifs is 1. The van der Waals surface area contributed by atoms with E-state index in [1.807, 2.05) is 29.2 Å². The van der Waals surface area contributed by atoms with Crippen LogP contribution in [-0.2, 0) is 17.8 Å². The van der Waals surface area contributed by atoms with Gasteiger partial charge in [0.2, 0.25) is 5.91 Å². The van der Waals surface area contributed by atoms with Crippen molar-refractivity contribution in [2.24, 2.45) is 5.73 Å². The standard InChI is InChI=1S/C16H19N3O2/c17-13-8-12-4-1-2-6-15(12)19(10-13)11-16(20)18-9-14-5-3-7-21-14/h1-7,13H,8-11,17H2,(H,18,20). The van der Waals surface area contributed by atoms with Gasteiger partial charge in [-0.05, 0) is 30.2 Å². The minimum Gasteiger partial charge on any atom is -0.467 e. The zero-order valence-electron chi connectivity index (χ0n) is 11.8. The number of nitrogens with zero attached hydrogens (tertiary/aromatic N) is 1. The third-order valence-corrected chi connectivity index (χ3v) is 3.64. The van der Waals surface area contributed by atoms with Gasteiger partial charge < -0.3 is 20.4 Å². The van der Waals surface area contributed by atoms with E-state index in [1.54, 1.807) is 12.3 Å². The van der Waals surface area contributed by atoms with Crippen molar-refractivity contribution in [3.63, 3.8) is 0 Å². The number of benzene rings is 1. The average molecular weight is 285 g/mol. The van der Waals surface area contributed by atoms with Crippen molar-refractivity contribution in [1.82, 2.24) is 5.32 Å². The number of nitrogens with one attached hydrogen (secondary N) is 1. The molecule has 0 saturated heterocycles. The predicted molar refractivity (Wildman–Crippen MR) is 80.9 cm³/mol. The molecular weight excluding hydrogens is 266 g/mol. The Labute approximate surface area is 123 Å². The smallest absolute Gasteiger partial charge is 0.239 e. The number of nitrogens with two attached hydrogens (primary N) is 1. The van der Waals surface area contributed by atoms with Crippen LogP contribution in [0.1, 0.15) is 11.3 Å². The van der Waals surface area contributed by atoms with E-state index in [-0.39, 0.29) is 11.9 Å². The molecule has 1 amide bonds. The summed E-state index contributed by atoms with van der Waals surface area (Å²) in [4.78, 5) is 14.1. The highest BCUT2D eigenvalue weighted by molar-refractivity contribution is 5.81. The Hall–Kier alpha value is -2.27. The lowest BCUT2D eigenvalue weighted by Crippen LogP contribution is -2.47. The predicted octanol–water partition coefficient (Wildman–Crippen LogP) is 1.29. The summed E-state index contributed by atoms with van der Waals surface area (Å²) >= 11 is 0. The van der Waals surface area contributed by atoms with Gasteiger partial charge in [-0.1, -0.05) is 18.2 Å². The minimum absolute atomic E-state index is 0.0321. The monoisotopic (exact) mass is 285 g/mol. The molecule has 1 aromatic heterocycles. The van der Waals surface area contributed by atoms with E-state index in [1.165, 1.54) is 5.56 Å². The van der Waals surface area contributed by atoms with Gasteiger partial charge >= 0.3 is 0 Å². The number of carbonyl (C=O) groups is 1. The Bertz CT molecular complexity index is 610. The summed E-state index contributed by atoms with van der Waals surface area (Å²) in [5, 5.41) is 2.86. The fourth-order valence-electron chi connectivity index (χ4n) is 2.70. The SMILES string of the molecule is NC1Cc2ccccc2N(CC(=O)NCc2ccco2)C1. The second kappa shape index (κ2) is 6.01. The van der Waals surface area contributed by atoms with Crippen molar-refractivity contribution in [1.29, 1.82) is 0 Å². The molecule has 5 heteroatoms. The Morgan fingerprint density at radius 1 is 1.33 bits per heavy atom. The summed E-state index contributed by atoms with van der Waals surface area (Å²) < 4.78 is 5.20. The quantitative estimate of drug-likeness (QED) is 0.888. The van der Waals surface area contributed by atoms with Crippen LogP contribution in [-0.4, -0.2) is 25.0 Å². The third kappa shape index (κ3) is 3.25. The molecule has 0 bridgehead atoms. The van der Waals surface area contributed by atoms with Crippen LogP contribution in [0.3, 0.4) is 0 Å². The summed E-state index contributed by atoms with van der Waals surface area (Å²) in [6.07, 6.45) is 2.46. The molecule has 1 aliphatic rings. The van der Waals surface area contributed by atoms with Crippen molar-refractivity contribution in [3.8, 4) is 0 Å². The first-order valence-electron chi connectivity index (χ1n) is 7.10. The van der Waals surface area contributed by atoms with Crippen LogP contribution in [0.4, 0.5) is 5.69 Å². The van der Waals surface area contributed by atoms with Crippen LogP contribution in [0.5, 0.6) is 0 Å². The van der Waals surface area contributed by atoms with Crippen molar-refractivity contribution in [3.05, 3.63) is 54.0 Å². The molecule has 2 heterocycles. The van der Waals surface area contributed by atoms with Crippen molar-refractivity contribution < 1.29 is 9.21 Å². The Morgan fingerprint density at radius 3 is 3.00 bits per heavy atom. The highest BCUT2D eigenvalue weighted by Gasteiger charge is 2.23. The molecular formula is C16H19N3O2.